The molecule has 2 aliphatic rings. The molecule has 3 rings (SSSR count). The molecule has 140 valence electrons. The highest BCUT2D eigenvalue weighted by Crippen LogP contribution is 2.52. The van der Waals surface area contributed by atoms with Crippen LogP contribution in [0.1, 0.15) is 32.8 Å². The molecule has 1 aliphatic heterocycles. The maximum Gasteiger partial charge on any atom is 0.191 e. The van der Waals surface area contributed by atoms with E-state index in [1.165, 1.54) is 5.56 Å². The second kappa shape index (κ2) is 8.91. The van der Waals surface area contributed by atoms with Crippen molar-refractivity contribution in [2.75, 3.05) is 19.7 Å². The van der Waals surface area contributed by atoms with E-state index in [1.54, 1.807) is 0 Å². The zero-order valence-corrected chi connectivity index (χ0v) is 18.3. The van der Waals surface area contributed by atoms with Crippen LogP contribution in [0.25, 0.3) is 0 Å². The third kappa shape index (κ3) is 4.61. The number of nitrogens with one attached hydrogen (secondary N) is 2. The van der Waals surface area contributed by atoms with Crippen molar-refractivity contribution >= 4 is 41.5 Å². The summed E-state index contributed by atoms with van der Waals surface area (Å²) in [5.74, 6) is 1.52. The van der Waals surface area contributed by atoms with Gasteiger partial charge in [0.25, 0.3) is 0 Å². The first-order chi connectivity index (χ1) is 11.5. The summed E-state index contributed by atoms with van der Waals surface area (Å²) in [5, 5.41) is 7.80. The number of hydrogen-bond acceptors (Lipinski definition) is 2. The Morgan fingerprint density at radius 2 is 2.04 bits per heavy atom. The minimum Gasteiger partial charge on any atom is -0.377 e. The average molecular weight is 478 g/mol. The van der Waals surface area contributed by atoms with Gasteiger partial charge in [0.2, 0.25) is 0 Å². The molecule has 25 heavy (non-hydrogen) atoms. The minimum absolute atomic E-state index is 0. The lowest BCUT2D eigenvalue weighted by molar-refractivity contribution is -0.106. The monoisotopic (exact) mass is 477 g/mol. The Morgan fingerprint density at radius 1 is 1.32 bits per heavy atom. The van der Waals surface area contributed by atoms with Crippen LogP contribution in [0.3, 0.4) is 0 Å². The van der Waals surface area contributed by atoms with E-state index in [-0.39, 0.29) is 29.4 Å². The number of aliphatic imine (C=N–C) groups is 1. The predicted octanol–water partition coefficient (Wildman–Crippen LogP) is 3.87. The number of halogens is 2. The van der Waals surface area contributed by atoms with E-state index in [9.17, 15) is 0 Å². The number of ether oxygens (including phenoxy) is 1. The Morgan fingerprint density at radius 3 is 2.72 bits per heavy atom. The summed E-state index contributed by atoms with van der Waals surface area (Å²) >= 11 is 5.93. The van der Waals surface area contributed by atoms with Gasteiger partial charge in [0, 0.05) is 42.1 Å². The van der Waals surface area contributed by atoms with Crippen molar-refractivity contribution in [3.8, 4) is 0 Å². The SMILES string of the molecule is CCNC(=NCCc1ccc(Cl)cc1)NC1C2CCOC2C1(C)C.I. The number of nitrogens with zero attached hydrogens (tertiary/aromatic N) is 1. The van der Waals surface area contributed by atoms with Gasteiger partial charge < -0.3 is 15.4 Å². The van der Waals surface area contributed by atoms with E-state index < -0.39 is 0 Å². The predicted molar refractivity (Wildman–Crippen MR) is 115 cm³/mol. The summed E-state index contributed by atoms with van der Waals surface area (Å²) in [4.78, 5) is 4.75. The van der Waals surface area contributed by atoms with Gasteiger partial charge in [-0.2, -0.15) is 0 Å². The van der Waals surface area contributed by atoms with Gasteiger partial charge in [-0.25, -0.2) is 0 Å². The first-order valence-corrected chi connectivity index (χ1v) is 9.31. The Hall–Kier alpha value is -0.530. The molecule has 0 aromatic heterocycles. The van der Waals surface area contributed by atoms with Gasteiger partial charge in [-0.1, -0.05) is 37.6 Å². The lowest BCUT2D eigenvalue weighted by atomic mass is 9.57. The topological polar surface area (TPSA) is 45.7 Å². The van der Waals surface area contributed by atoms with E-state index in [0.717, 1.165) is 43.5 Å². The molecule has 0 bridgehead atoms. The van der Waals surface area contributed by atoms with Crippen molar-refractivity contribution in [2.24, 2.45) is 16.3 Å². The van der Waals surface area contributed by atoms with Crippen LogP contribution in [0.4, 0.5) is 0 Å². The number of benzene rings is 1. The lowest BCUT2D eigenvalue weighted by Gasteiger charge is -2.54. The fourth-order valence-electron chi connectivity index (χ4n) is 4.03. The van der Waals surface area contributed by atoms with E-state index >= 15 is 0 Å². The van der Waals surface area contributed by atoms with Crippen LogP contribution in [0.2, 0.25) is 5.02 Å². The quantitative estimate of drug-likeness (QED) is 0.384. The summed E-state index contributed by atoms with van der Waals surface area (Å²) in [6.45, 7) is 9.19. The number of guanidine groups is 1. The van der Waals surface area contributed by atoms with Gasteiger partial charge in [-0.15, -0.1) is 24.0 Å². The van der Waals surface area contributed by atoms with Crippen LogP contribution >= 0.6 is 35.6 Å². The summed E-state index contributed by atoms with van der Waals surface area (Å²) in [6, 6.07) is 8.42. The third-order valence-corrected chi connectivity index (χ3v) is 5.57. The van der Waals surface area contributed by atoms with Crippen LogP contribution in [-0.2, 0) is 11.2 Å². The van der Waals surface area contributed by atoms with Gasteiger partial charge in [-0.05, 0) is 37.5 Å². The van der Waals surface area contributed by atoms with Crippen molar-refractivity contribution in [3.63, 3.8) is 0 Å². The Labute approximate surface area is 173 Å². The van der Waals surface area contributed by atoms with Crippen LogP contribution in [0, 0.1) is 11.3 Å². The van der Waals surface area contributed by atoms with Gasteiger partial charge in [-0.3, -0.25) is 4.99 Å². The number of fused-ring (bicyclic) bond motifs is 1. The zero-order chi connectivity index (χ0) is 17.2. The van der Waals surface area contributed by atoms with Gasteiger partial charge in [0.05, 0.1) is 6.10 Å². The molecular weight excluding hydrogens is 449 g/mol. The van der Waals surface area contributed by atoms with E-state index in [0.29, 0.717) is 18.1 Å². The summed E-state index contributed by atoms with van der Waals surface area (Å²) < 4.78 is 5.88. The molecule has 2 N–H and O–H groups in total. The second-order valence-electron chi connectivity index (χ2n) is 7.32. The zero-order valence-electron chi connectivity index (χ0n) is 15.2. The van der Waals surface area contributed by atoms with Gasteiger partial charge in [0.15, 0.2) is 5.96 Å². The molecule has 0 radical (unpaired) electrons. The fourth-order valence-corrected chi connectivity index (χ4v) is 4.16. The van der Waals surface area contributed by atoms with Crippen LogP contribution in [0.15, 0.2) is 29.3 Å². The van der Waals surface area contributed by atoms with E-state index in [2.05, 4.69) is 43.5 Å². The molecule has 1 saturated carbocycles. The molecule has 6 heteroatoms. The van der Waals surface area contributed by atoms with Crippen LogP contribution in [-0.4, -0.2) is 37.8 Å². The molecule has 2 fully saturated rings. The molecule has 1 aromatic carbocycles. The maximum absolute atomic E-state index is 5.93. The molecule has 0 amide bonds. The second-order valence-corrected chi connectivity index (χ2v) is 7.76. The summed E-state index contributed by atoms with van der Waals surface area (Å²) in [7, 11) is 0. The van der Waals surface area contributed by atoms with Crippen LogP contribution < -0.4 is 10.6 Å². The van der Waals surface area contributed by atoms with Crippen molar-refractivity contribution in [1.82, 2.24) is 10.6 Å². The van der Waals surface area contributed by atoms with Gasteiger partial charge in [0.1, 0.15) is 0 Å². The van der Waals surface area contributed by atoms with Crippen molar-refractivity contribution in [2.45, 2.75) is 45.8 Å². The Bertz CT molecular complexity index is 591. The first-order valence-electron chi connectivity index (χ1n) is 8.93. The molecule has 1 aromatic rings. The van der Waals surface area contributed by atoms with Crippen LogP contribution in [0.5, 0.6) is 0 Å². The van der Waals surface area contributed by atoms with Crippen molar-refractivity contribution < 1.29 is 4.74 Å². The molecular formula is C19H29ClIN3O. The van der Waals surface area contributed by atoms with E-state index in [4.69, 9.17) is 21.3 Å². The molecule has 3 unspecified atom stereocenters. The molecule has 0 spiro atoms. The lowest BCUT2D eigenvalue weighted by Crippen LogP contribution is -2.68. The Balaban J connectivity index is 0.00000225. The van der Waals surface area contributed by atoms with Crippen molar-refractivity contribution in [3.05, 3.63) is 34.9 Å². The molecule has 4 nitrogen and oxygen atoms in total. The molecule has 1 saturated heterocycles. The minimum atomic E-state index is 0. The highest BCUT2D eigenvalue weighted by molar-refractivity contribution is 14.0. The molecule has 1 heterocycles. The summed E-state index contributed by atoms with van der Waals surface area (Å²) in [6.07, 6.45) is 2.46. The standard InChI is InChI=1S/C19H28ClN3O.HI/c1-4-21-18(22-11-9-13-5-7-14(20)8-6-13)23-16-15-10-12-24-17(15)19(16,2)3;/h5-8,15-17H,4,9-12H2,1-3H3,(H2,21,22,23);1H. The summed E-state index contributed by atoms with van der Waals surface area (Å²) in [5.41, 5.74) is 1.42. The van der Waals surface area contributed by atoms with E-state index in [1.807, 2.05) is 12.1 Å². The normalized spacial score (nSPS) is 27.0. The highest BCUT2D eigenvalue weighted by Gasteiger charge is 2.59. The Kier molecular flexibility index (Phi) is 7.40. The van der Waals surface area contributed by atoms with Gasteiger partial charge >= 0.3 is 0 Å². The first kappa shape index (κ1) is 20.8. The highest BCUT2D eigenvalue weighted by atomic mass is 127. The maximum atomic E-state index is 5.93. The number of rotatable bonds is 5. The smallest absolute Gasteiger partial charge is 0.191 e. The fraction of sp³-hybridized carbons (Fsp3) is 0.632. The average Bonchev–Trinajstić information content (AvgIpc) is 3.01. The number of hydrogen-bond donors (Lipinski definition) is 2. The third-order valence-electron chi connectivity index (χ3n) is 5.32. The van der Waals surface area contributed by atoms with Crippen molar-refractivity contribution in [1.29, 1.82) is 0 Å². The molecule has 3 atom stereocenters. The molecule has 1 aliphatic carbocycles. The largest absolute Gasteiger partial charge is 0.377 e.